The normalized spacial score (nSPS) is 20.0. The van der Waals surface area contributed by atoms with E-state index in [-0.39, 0.29) is 19.8 Å². The summed E-state index contributed by atoms with van der Waals surface area (Å²) in [7, 11) is 0. The quantitative estimate of drug-likeness (QED) is 0.775. The Hall–Kier alpha value is -2.08. The first kappa shape index (κ1) is 18.3. The van der Waals surface area contributed by atoms with Crippen molar-refractivity contribution in [2.45, 2.75) is 44.8 Å². The van der Waals surface area contributed by atoms with Gasteiger partial charge in [0.05, 0.1) is 6.61 Å². The molecule has 0 saturated carbocycles. The minimum Gasteiger partial charge on any atom is -0.464 e. The minimum absolute atomic E-state index is 0.0337. The second kappa shape index (κ2) is 8.68. The maximum atomic E-state index is 12.5. The molecule has 6 nitrogen and oxygen atoms in total. The molecule has 1 saturated heterocycles. The van der Waals surface area contributed by atoms with Crippen LogP contribution >= 0.6 is 0 Å². The lowest BCUT2D eigenvalue weighted by atomic mass is 9.90. The van der Waals surface area contributed by atoms with Crippen molar-refractivity contribution in [3.8, 4) is 0 Å². The molecule has 0 radical (unpaired) electrons. The summed E-state index contributed by atoms with van der Waals surface area (Å²) in [6.45, 7) is 2.58. The maximum absolute atomic E-state index is 12.5. The van der Waals surface area contributed by atoms with Crippen molar-refractivity contribution in [1.82, 2.24) is 4.90 Å². The van der Waals surface area contributed by atoms with Crippen LogP contribution in [0.3, 0.4) is 0 Å². The van der Waals surface area contributed by atoms with Gasteiger partial charge in [0.2, 0.25) is 0 Å². The highest BCUT2D eigenvalue weighted by Crippen LogP contribution is 2.35. The number of carbonyl (C=O) groups is 2. The number of hydrogen-bond donors (Lipinski definition) is 1. The van der Waals surface area contributed by atoms with Crippen molar-refractivity contribution in [2.75, 3.05) is 19.8 Å². The highest BCUT2D eigenvalue weighted by molar-refractivity contribution is 5.86. The van der Waals surface area contributed by atoms with Crippen molar-refractivity contribution in [3.63, 3.8) is 0 Å². The number of aliphatic hydroxyl groups excluding tert-OH is 1. The molecule has 0 aromatic heterocycles. The fourth-order valence-electron chi connectivity index (χ4n) is 3.15. The average molecular weight is 335 g/mol. The molecule has 6 heteroatoms. The number of aliphatic hydroxyl groups is 1. The molecule has 0 bridgehead atoms. The molecule has 0 spiro atoms. The topological polar surface area (TPSA) is 76.1 Å². The zero-order valence-corrected chi connectivity index (χ0v) is 14.1. The lowest BCUT2D eigenvalue weighted by Crippen LogP contribution is -2.54. The molecule has 1 aliphatic heterocycles. The molecule has 1 fully saturated rings. The molecule has 0 aliphatic carbocycles. The Morgan fingerprint density at radius 2 is 2.00 bits per heavy atom. The van der Waals surface area contributed by atoms with Gasteiger partial charge < -0.3 is 14.6 Å². The van der Waals surface area contributed by atoms with E-state index in [4.69, 9.17) is 14.6 Å². The predicted molar refractivity (Wildman–Crippen MR) is 88.3 cm³/mol. The van der Waals surface area contributed by atoms with E-state index in [1.54, 1.807) is 6.92 Å². The van der Waals surface area contributed by atoms with Gasteiger partial charge in [-0.15, -0.1) is 0 Å². The van der Waals surface area contributed by atoms with E-state index >= 15 is 0 Å². The summed E-state index contributed by atoms with van der Waals surface area (Å²) < 4.78 is 10.6. The Bertz CT molecular complexity index is 548. The molecule has 2 rings (SSSR count). The molecule has 1 atom stereocenters. The first-order chi connectivity index (χ1) is 11.6. The largest absolute Gasteiger partial charge is 0.464 e. The number of amides is 1. The van der Waals surface area contributed by atoms with E-state index in [1.807, 2.05) is 30.3 Å². The van der Waals surface area contributed by atoms with Crippen LogP contribution in [0.15, 0.2) is 30.3 Å². The van der Waals surface area contributed by atoms with Crippen molar-refractivity contribution in [3.05, 3.63) is 35.9 Å². The van der Waals surface area contributed by atoms with E-state index in [1.165, 1.54) is 4.90 Å². The Balaban J connectivity index is 2.09. The van der Waals surface area contributed by atoms with Gasteiger partial charge in [-0.05, 0) is 38.2 Å². The van der Waals surface area contributed by atoms with Gasteiger partial charge in [0.1, 0.15) is 12.1 Å². The van der Waals surface area contributed by atoms with Crippen LogP contribution < -0.4 is 0 Å². The summed E-state index contributed by atoms with van der Waals surface area (Å²) in [4.78, 5) is 26.5. The number of ether oxygens (including phenoxy) is 2. The van der Waals surface area contributed by atoms with Crippen LogP contribution in [-0.4, -0.2) is 47.4 Å². The van der Waals surface area contributed by atoms with Crippen LogP contribution in [0.2, 0.25) is 0 Å². The van der Waals surface area contributed by atoms with Crippen LogP contribution in [-0.2, 0) is 20.9 Å². The monoisotopic (exact) mass is 335 g/mol. The molecule has 1 aromatic rings. The van der Waals surface area contributed by atoms with Crippen molar-refractivity contribution in [1.29, 1.82) is 0 Å². The molecule has 1 unspecified atom stereocenters. The third kappa shape index (κ3) is 4.06. The molecular weight excluding hydrogens is 310 g/mol. The standard InChI is InChI=1S/C18H25NO5/c1-2-23-16(21)18(11-7-13-20)10-6-12-19(18)17(22)24-14-15-8-4-3-5-9-15/h3-5,8-9,20H,2,6-7,10-14H2,1H3. The van der Waals surface area contributed by atoms with E-state index in [2.05, 4.69) is 0 Å². The lowest BCUT2D eigenvalue weighted by Gasteiger charge is -2.35. The number of esters is 1. The van der Waals surface area contributed by atoms with E-state index < -0.39 is 17.6 Å². The molecule has 1 amide bonds. The van der Waals surface area contributed by atoms with Gasteiger partial charge in [0, 0.05) is 13.2 Å². The van der Waals surface area contributed by atoms with Crippen LogP contribution in [0.25, 0.3) is 0 Å². The molecule has 1 aliphatic rings. The van der Waals surface area contributed by atoms with Crippen molar-refractivity contribution < 1.29 is 24.2 Å². The van der Waals surface area contributed by atoms with Gasteiger partial charge in [0.15, 0.2) is 0 Å². The Morgan fingerprint density at radius 3 is 2.67 bits per heavy atom. The number of likely N-dealkylation sites (tertiary alicyclic amines) is 1. The fourth-order valence-corrected chi connectivity index (χ4v) is 3.15. The van der Waals surface area contributed by atoms with Gasteiger partial charge in [0.25, 0.3) is 0 Å². The molecule has 1 N–H and O–H groups in total. The zero-order chi connectivity index (χ0) is 17.4. The molecule has 1 aromatic carbocycles. The second-order valence-electron chi connectivity index (χ2n) is 5.87. The SMILES string of the molecule is CCOC(=O)C1(CCCO)CCCN1C(=O)OCc1ccccc1. The summed E-state index contributed by atoms with van der Waals surface area (Å²) in [5.41, 5.74) is -0.130. The van der Waals surface area contributed by atoms with Gasteiger partial charge in [-0.3, -0.25) is 4.90 Å². The summed E-state index contributed by atoms with van der Waals surface area (Å²) in [5, 5.41) is 9.14. The molecular formula is C18H25NO5. The summed E-state index contributed by atoms with van der Waals surface area (Å²) in [6.07, 6.45) is 1.54. The van der Waals surface area contributed by atoms with Gasteiger partial charge in [-0.25, -0.2) is 9.59 Å². The fraction of sp³-hybridized carbons (Fsp3) is 0.556. The summed E-state index contributed by atoms with van der Waals surface area (Å²) in [6, 6.07) is 9.40. The lowest BCUT2D eigenvalue weighted by molar-refractivity contribution is -0.156. The number of benzene rings is 1. The van der Waals surface area contributed by atoms with E-state index in [0.29, 0.717) is 32.2 Å². The van der Waals surface area contributed by atoms with Crippen LogP contribution in [0, 0.1) is 0 Å². The Labute approximate surface area is 142 Å². The zero-order valence-electron chi connectivity index (χ0n) is 14.1. The third-order valence-electron chi connectivity index (χ3n) is 4.32. The number of rotatable bonds is 7. The second-order valence-corrected chi connectivity index (χ2v) is 5.87. The van der Waals surface area contributed by atoms with Crippen molar-refractivity contribution >= 4 is 12.1 Å². The summed E-state index contributed by atoms with van der Waals surface area (Å²) >= 11 is 0. The van der Waals surface area contributed by atoms with Gasteiger partial charge in [-0.2, -0.15) is 0 Å². The molecule has 132 valence electrons. The van der Waals surface area contributed by atoms with Gasteiger partial charge >= 0.3 is 12.1 Å². The highest BCUT2D eigenvalue weighted by atomic mass is 16.6. The van der Waals surface area contributed by atoms with E-state index in [0.717, 1.165) is 5.56 Å². The average Bonchev–Trinajstić information content (AvgIpc) is 3.04. The number of hydrogen-bond acceptors (Lipinski definition) is 5. The van der Waals surface area contributed by atoms with E-state index in [9.17, 15) is 9.59 Å². The Kier molecular flexibility index (Phi) is 6.61. The first-order valence-corrected chi connectivity index (χ1v) is 8.40. The Morgan fingerprint density at radius 1 is 1.25 bits per heavy atom. The van der Waals surface area contributed by atoms with Crippen LogP contribution in [0.4, 0.5) is 4.79 Å². The number of nitrogens with zero attached hydrogens (tertiary/aromatic N) is 1. The predicted octanol–water partition coefficient (Wildman–Crippen LogP) is 2.49. The molecule has 1 heterocycles. The smallest absolute Gasteiger partial charge is 0.411 e. The number of carbonyl (C=O) groups excluding carboxylic acids is 2. The first-order valence-electron chi connectivity index (χ1n) is 8.40. The van der Waals surface area contributed by atoms with Crippen molar-refractivity contribution in [2.24, 2.45) is 0 Å². The minimum atomic E-state index is -1.02. The van der Waals surface area contributed by atoms with Crippen LogP contribution in [0.5, 0.6) is 0 Å². The highest BCUT2D eigenvalue weighted by Gasteiger charge is 2.51. The summed E-state index contributed by atoms with van der Waals surface area (Å²) in [5.74, 6) is -0.410. The third-order valence-corrected chi connectivity index (χ3v) is 4.32. The van der Waals surface area contributed by atoms with Gasteiger partial charge in [-0.1, -0.05) is 30.3 Å². The van der Waals surface area contributed by atoms with Crippen LogP contribution in [0.1, 0.15) is 38.2 Å². The maximum Gasteiger partial charge on any atom is 0.411 e. The molecule has 24 heavy (non-hydrogen) atoms.